The lowest BCUT2D eigenvalue weighted by Crippen LogP contribution is -2.58. The molecule has 2 saturated heterocycles. The summed E-state index contributed by atoms with van der Waals surface area (Å²) in [5.74, 6) is -3.10. The predicted octanol–water partition coefficient (Wildman–Crippen LogP) is 5.22. The van der Waals surface area contributed by atoms with Crippen LogP contribution in [0.1, 0.15) is 19.4 Å². The number of likely N-dealkylation sites (tertiary alicyclic amines) is 1. The fourth-order valence-corrected chi connectivity index (χ4v) is 6.51. The van der Waals surface area contributed by atoms with Gasteiger partial charge in [-0.2, -0.15) is 15.1 Å². The summed E-state index contributed by atoms with van der Waals surface area (Å²) in [6.07, 6.45) is 2.92. The number of alkyl halides is 2. The van der Waals surface area contributed by atoms with Crippen LogP contribution in [0.5, 0.6) is 6.01 Å². The Kier molecular flexibility index (Phi) is 7.45. The highest BCUT2D eigenvalue weighted by Gasteiger charge is 2.43. The average molecular weight is 614 g/mol. The van der Waals surface area contributed by atoms with E-state index < -0.39 is 11.7 Å². The Bertz CT molecular complexity index is 1730. The van der Waals surface area contributed by atoms with Gasteiger partial charge in [0.2, 0.25) is 5.91 Å². The molecule has 43 heavy (non-hydrogen) atoms. The third kappa shape index (κ3) is 5.27. The molecule has 4 aromatic rings. The van der Waals surface area contributed by atoms with Gasteiger partial charge in [-0.25, -0.2) is 13.2 Å². The van der Waals surface area contributed by atoms with E-state index in [1.54, 1.807) is 22.1 Å². The molecule has 2 aliphatic rings. The van der Waals surface area contributed by atoms with Gasteiger partial charge < -0.3 is 14.5 Å². The number of fused-ring (bicyclic) bond motifs is 2. The van der Waals surface area contributed by atoms with Crippen LogP contribution in [0.3, 0.4) is 0 Å². The minimum absolute atomic E-state index is 0.0136. The molecule has 226 valence electrons. The summed E-state index contributed by atoms with van der Waals surface area (Å²) in [5.41, 5.74) is 2.32. The molecule has 0 spiro atoms. The number of amides is 1. The van der Waals surface area contributed by atoms with Crippen molar-refractivity contribution in [2.24, 2.45) is 0 Å². The molecule has 9 nitrogen and oxygen atoms in total. The second kappa shape index (κ2) is 11.0. The van der Waals surface area contributed by atoms with E-state index in [1.807, 2.05) is 37.8 Å². The molecule has 0 radical (unpaired) electrons. The molecule has 4 heterocycles. The fourth-order valence-electron chi connectivity index (χ4n) is 6.22. The summed E-state index contributed by atoms with van der Waals surface area (Å²) in [4.78, 5) is 26.9. The number of aromatic nitrogens is 4. The zero-order valence-electron chi connectivity index (χ0n) is 24.0. The molecule has 13 heteroatoms. The SMILES string of the molecule is C=CC(=O)N1[C@H](C)CN(c2nc(OCCN3CC(F)(F)C3)nc3c(F)c(-c4c(C)ccc5[nH]ncc45)c(Cl)cc23)C[C@@H]1C. The van der Waals surface area contributed by atoms with E-state index in [9.17, 15) is 13.6 Å². The first-order chi connectivity index (χ1) is 20.5. The third-order valence-corrected chi connectivity index (χ3v) is 8.42. The van der Waals surface area contributed by atoms with Crippen LogP contribution in [0.2, 0.25) is 5.02 Å². The van der Waals surface area contributed by atoms with Crippen LogP contribution in [0.25, 0.3) is 32.9 Å². The van der Waals surface area contributed by atoms with Crippen LogP contribution in [0, 0.1) is 12.7 Å². The highest BCUT2D eigenvalue weighted by Crippen LogP contribution is 2.42. The van der Waals surface area contributed by atoms with Crippen LogP contribution in [0.4, 0.5) is 19.0 Å². The van der Waals surface area contributed by atoms with Crippen molar-refractivity contribution < 1.29 is 22.7 Å². The van der Waals surface area contributed by atoms with Gasteiger partial charge in [0.25, 0.3) is 5.92 Å². The van der Waals surface area contributed by atoms with Crippen LogP contribution in [0.15, 0.2) is 37.1 Å². The predicted molar refractivity (Wildman–Crippen MR) is 159 cm³/mol. The summed E-state index contributed by atoms with van der Waals surface area (Å²) in [6, 6.07) is 4.92. The number of aromatic amines is 1. The number of anilines is 1. The molecule has 6 rings (SSSR count). The summed E-state index contributed by atoms with van der Waals surface area (Å²) in [7, 11) is 0. The minimum Gasteiger partial charge on any atom is -0.462 e. The Balaban J connectivity index is 1.44. The van der Waals surface area contributed by atoms with Crippen LogP contribution < -0.4 is 9.64 Å². The van der Waals surface area contributed by atoms with Crippen molar-refractivity contribution >= 4 is 45.1 Å². The highest BCUT2D eigenvalue weighted by molar-refractivity contribution is 6.35. The molecule has 2 atom stereocenters. The van der Waals surface area contributed by atoms with Crippen molar-refractivity contribution in [2.75, 3.05) is 44.2 Å². The second-order valence-corrected chi connectivity index (χ2v) is 11.7. The maximum atomic E-state index is 16.7. The molecular formula is C30H31ClF3N7O2. The normalized spacial score (nSPS) is 20.4. The quantitative estimate of drug-likeness (QED) is 0.286. The van der Waals surface area contributed by atoms with Gasteiger partial charge in [0.1, 0.15) is 17.9 Å². The molecule has 1 amide bonds. The van der Waals surface area contributed by atoms with E-state index in [4.69, 9.17) is 16.3 Å². The molecule has 2 aromatic heterocycles. The van der Waals surface area contributed by atoms with Crippen LogP contribution in [-0.2, 0) is 4.79 Å². The molecule has 0 bridgehead atoms. The van der Waals surface area contributed by atoms with Gasteiger partial charge in [0, 0.05) is 53.6 Å². The van der Waals surface area contributed by atoms with E-state index in [0.29, 0.717) is 35.2 Å². The highest BCUT2D eigenvalue weighted by atomic mass is 35.5. The topological polar surface area (TPSA) is 90.5 Å². The Morgan fingerprint density at radius 1 is 1.19 bits per heavy atom. The van der Waals surface area contributed by atoms with Crippen molar-refractivity contribution in [3.63, 3.8) is 0 Å². The molecule has 0 unspecified atom stereocenters. The number of rotatable bonds is 7. The van der Waals surface area contributed by atoms with Crippen molar-refractivity contribution in [1.29, 1.82) is 0 Å². The lowest BCUT2D eigenvalue weighted by molar-refractivity contribution is -0.132. The van der Waals surface area contributed by atoms with E-state index in [-0.39, 0.29) is 66.3 Å². The molecule has 1 N–H and O–H groups in total. The Hall–Kier alpha value is -3.90. The van der Waals surface area contributed by atoms with Gasteiger partial charge >= 0.3 is 6.01 Å². The minimum atomic E-state index is -2.69. The lowest BCUT2D eigenvalue weighted by Gasteiger charge is -2.44. The summed E-state index contributed by atoms with van der Waals surface area (Å²) in [5, 5.41) is 8.31. The number of hydrogen-bond donors (Lipinski definition) is 1. The van der Waals surface area contributed by atoms with E-state index in [2.05, 4.69) is 26.7 Å². The molecule has 0 saturated carbocycles. The number of nitrogens with zero attached hydrogens (tertiary/aromatic N) is 6. The van der Waals surface area contributed by atoms with Crippen molar-refractivity contribution in [3.8, 4) is 17.1 Å². The number of piperazine rings is 1. The van der Waals surface area contributed by atoms with Gasteiger partial charge in [-0.1, -0.05) is 24.2 Å². The lowest BCUT2D eigenvalue weighted by atomic mass is 9.95. The standard InChI is InChI=1S/C30H31ClF3N7O2/c1-5-23(42)41-17(3)12-40(13-18(41)4)28-19-10-21(31)25(24-16(2)6-7-22-20(24)11-35-38-22)26(32)27(19)36-29(37-28)43-9-8-39-14-30(33,34)15-39/h5-7,10-11,17-18H,1,8-9,12-15H2,2-4H3,(H,35,38)/t17-,18+. The molecule has 2 fully saturated rings. The van der Waals surface area contributed by atoms with E-state index in [0.717, 1.165) is 11.1 Å². The van der Waals surface area contributed by atoms with Crippen LogP contribution in [-0.4, -0.2) is 93.2 Å². The van der Waals surface area contributed by atoms with Crippen molar-refractivity contribution in [2.45, 2.75) is 38.8 Å². The first kappa shape index (κ1) is 29.2. The van der Waals surface area contributed by atoms with Gasteiger partial charge in [0.05, 0.1) is 29.8 Å². The van der Waals surface area contributed by atoms with Crippen molar-refractivity contribution in [1.82, 2.24) is 30.0 Å². The molecular weight excluding hydrogens is 583 g/mol. The number of carbonyl (C=O) groups is 1. The summed E-state index contributed by atoms with van der Waals surface area (Å²) < 4.78 is 49.1. The van der Waals surface area contributed by atoms with Gasteiger partial charge in [-0.3, -0.25) is 14.8 Å². The van der Waals surface area contributed by atoms with E-state index >= 15 is 4.39 Å². The average Bonchev–Trinajstić information content (AvgIpc) is 3.41. The number of halogens is 4. The first-order valence-corrected chi connectivity index (χ1v) is 14.4. The molecule has 0 aliphatic carbocycles. The van der Waals surface area contributed by atoms with Gasteiger partial charge in [-0.05, 0) is 44.5 Å². The third-order valence-electron chi connectivity index (χ3n) is 8.12. The smallest absolute Gasteiger partial charge is 0.319 e. The van der Waals surface area contributed by atoms with Gasteiger partial charge in [0.15, 0.2) is 5.82 Å². The number of carbonyl (C=O) groups excluding carboxylic acids is 1. The molecule has 2 aromatic carbocycles. The maximum absolute atomic E-state index is 16.7. The number of H-pyrrole nitrogens is 1. The summed E-state index contributed by atoms with van der Waals surface area (Å²) >= 11 is 6.83. The summed E-state index contributed by atoms with van der Waals surface area (Å²) in [6.45, 7) is 9.78. The fraction of sp³-hybridized carbons (Fsp3) is 0.400. The maximum Gasteiger partial charge on any atom is 0.319 e. The monoisotopic (exact) mass is 613 g/mol. The number of aryl methyl sites for hydroxylation is 1. The Labute approximate surface area is 251 Å². The Morgan fingerprint density at radius 3 is 2.58 bits per heavy atom. The number of nitrogens with one attached hydrogen (secondary N) is 1. The van der Waals surface area contributed by atoms with Gasteiger partial charge in [-0.15, -0.1) is 0 Å². The Morgan fingerprint density at radius 2 is 1.91 bits per heavy atom. The van der Waals surface area contributed by atoms with Crippen molar-refractivity contribution in [3.05, 3.63) is 53.5 Å². The largest absolute Gasteiger partial charge is 0.462 e. The zero-order chi connectivity index (χ0) is 30.6. The number of ether oxygens (including phenoxy) is 1. The van der Waals surface area contributed by atoms with E-state index in [1.165, 1.54) is 6.08 Å². The second-order valence-electron chi connectivity index (χ2n) is 11.3. The number of hydrogen-bond acceptors (Lipinski definition) is 7. The molecule has 2 aliphatic heterocycles. The number of benzene rings is 2. The van der Waals surface area contributed by atoms with Crippen LogP contribution >= 0.6 is 11.6 Å². The zero-order valence-corrected chi connectivity index (χ0v) is 24.8. The first-order valence-electron chi connectivity index (χ1n) is 14.0.